The maximum Gasteiger partial charge on any atom is 0.335 e. The molecule has 30 heavy (non-hydrogen) atoms. The van der Waals surface area contributed by atoms with Gasteiger partial charge < -0.3 is 25.0 Å². The monoisotopic (exact) mass is 430 g/mol. The normalized spacial score (nSPS) is 14.7. The van der Waals surface area contributed by atoms with Crippen LogP contribution in [0.3, 0.4) is 0 Å². The fourth-order valence-corrected chi connectivity index (χ4v) is 3.59. The quantitative estimate of drug-likeness (QED) is 0.396. The second-order valence-electron chi connectivity index (χ2n) is 6.99. The molecule has 1 fully saturated rings. The average Bonchev–Trinajstić information content (AvgIpc) is 2.76. The number of benzene rings is 2. The maximum absolute atomic E-state index is 11.3. The largest absolute Gasteiger partial charge is 0.478 e. The smallest absolute Gasteiger partial charge is 0.335 e. The Hall–Kier alpha value is -2.77. The highest BCUT2D eigenvalue weighted by molar-refractivity contribution is 6.33. The van der Waals surface area contributed by atoms with Crippen LogP contribution in [-0.2, 0) is 4.74 Å². The minimum absolute atomic E-state index is 0.238. The number of carboxylic acids is 1. The Morgan fingerprint density at radius 3 is 2.63 bits per heavy atom. The van der Waals surface area contributed by atoms with E-state index in [0.29, 0.717) is 18.8 Å². The summed E-state index contributed by atoms with van der Waals surface area (Å²) in [7, 11) is 1.67. The number of nitrogens with one attached hydrogen (secondary N) is 1. The lowest BCUT2D eigenvalue weighted by atomic mass is 10.2. The first kappa shape index (κ1) is 21.9. The van der Waals surface area contributed by atoms with Crippen molar-refractivity contribution in [2.45, 2.75) is 6.42 Å². The molecule has 1 aliphatic heterocycles. The molecule has 7 nitrogen and oxygen atoms in total. The maximum atomic E-state index is 11.3. The standard InChI is InChI=1S/C22H27ClN4O3/c1-30-15-5-10-24-22(25-18-7-4-6-17(16-18)21(28)29)27-13-11-26(12-14-27)20-9-3-2-8-19(20)23/h2-4,6-9,16H,5,10-15H2,1H3,(H,24,25)(H,28,29). The van der Waals surface area contributed by atoms with Gasteiger partial charge in [0.15, 0.2) is 5.96 Å². The number of rotatable bonds is 7. The SMILES string of the molecule is COCCCN=C(Nc1cccc(C(=O)O)c1)N1CCN(c2ccccc2Cl)CC1. The van der Waals surface area contributed by atoms with Crippen LogP contribution in [0.15, 0.2) is 53.5 Å². The lowest BCUT2D eigenvalue weighted by molar-refractivity contribution is 0.0697. The van der Waals surface area contributed by atoms with E-state index in [0.717, 1.165) is 49.3 Å². The zero-order valence-corrected chi connectivity index (χ0v) is 17.8. The van der Waals surface area contributed by atoms with E-state index < -0.39 is 5.97 Å². The fraction of sp³-hybridized carbons (Fsp3) is 0.364. The highest BCUT2D eigenvalue weighted by atomic mass is 35.5. The van der Waals surface area contributed by atoms with E-state index in [9.17, 15) is 9.90 Å². The Morgan fingerprint density at radius 2 is 1.93 bits per heavy atom. The van der Waals surface area contributed by atoms with Crippen molar-refractivity contribution in [3.05, 3.63) is 59.1 Å². The summed E-state index contributed by atoms with van der Waals surface area (Å²) in [5.41, 5.74) is 1.98. The van der Waals surface area contributed by atoms with Gasteiger partial charge in [-0.1, -0.05) is 29.8 Å². The minimum atomic E-state index is -0.953. The van der Waals surface area contributed by atoms with E-state index in [2.05, 4.69) is 15.1 Å². The van der Waals surface area contributed by atoms with E-state index in [4.69, 9.17) is 21.3 Å². The van der Waals surface area contributed by atoms with Crippen molar-refractivity contribution >= 4 is 34.9 Å². The van der Waals surface area contributed by atoms with Crippen molar-refractivity contribution in [1.82, 2.24) is 4.90 Å². The number of nitrogens with zero attached hydrogens (tertiary/aromatic N) is 3. The molecular weight excluding hydrogens is 404 g/mol. The molecule has 0 amide bonds. The van der Waals surface area contributed by atoms with Gasteiger partial charge in [0.1, 0.15) is 0 Å². The summed E-state index contributed by atoms with van der Waals surface area (Å²) in [6, 6.07) is 14.6. The Balaban J connectivity index is 1.70. The number of aromatic carboxylic acids is 1. The van der Waals surface area contributed by atoms with Crippen molar-refractivity contribution < 1.29 is 14.6 Å². The first-order chi connectivity index (χ1) is 14.6. The van der Waals surface area contributed by atoms with Crippen molar-refractivity contribution in [2.75, 3.05) is 56.7 Å². The molecule has 0 aromatic heterocycles. The van der Waals surface area contributed by atoms with Crippen LogP contribution in [-0.4, -0.2) is 68.4 Å². The summed E-state index contributed by atoms with van der Waals surface area (Å²) in [6.07, 6.45) is 0.816. The molecular formula is C22H27ClN4O3. The molecule has 0 radical (unpaired) electrons. The number of para-hydroxylation sites is 1. The van der Waals surface area contributed by atoms with E-state index in [1.807, 2.05) is 30.3 Å². The number of carbonyl (C=O) groups is 1. The van der Waals surface area contributed by atoms with Gasteiger partial charge in [0.25, 0.3) is 0 Å². The van der Waals surface area contributed by atoms with Gasteiger partial charge in [-0.15, -0.1) is 0 Å². The zero-order chi connectivity index (χ0) is 21.3. The molecule has 0 bridgehead atoms. The van der Waals surface area contributed by atoms with Crippen molar-refractivity contribution in [3.8, 4) is 0 Å². The molecule has 0 atom stereocenters. The van der Waals surface area contributed by atoms with Crippen molar-refractivity contribution in [3.63, 3.8) is 0 Å². The van der Waals surface area contributed by atoms with Gasteiger partial charge in [-0.2, -0.15) is 0 Å². The summed E-state index contributed by atoms with van der Waals surface area (Å²) >= 11 is 6.35. The van der Waals surface area contributed by atoms with E-state index in [1.54, 1.807) is 25.3 Å². The number of ether oxygens (including phenoxy) is 1. The lowest BCUT2D eigenvalue weighted by Gasteiger charge is -2.38. The highest BCUT2D eigenvalue weighted by Gasteiger charge is 2.21. The van der Waals surface area contributed by atoms with E-state index >= 15 is 0 Å². The number of carboxylic acid groups (broad SMARTS) is 1. The molecule has 3 rings (SSSR count). The molecule has 0 unspecified atom stereocenters. The molecule has 1 heterocycles. The number of hydrogen-bond acceptors (Lipinski definition) is 4. The molecule has 160 valence electrons. The number of anilines is 2. The molecule has 1 aliphatic rings. The van der Waals surface area contributed by atoms with Gasteiger partial charge in [0.2, 0.25) is 0 Å². The van der Waals surface area contributed by atoms with Crippen LogP contribution in [0.4, 0.5) is 11.4 Å². The summed E-state index contributed by atoms with van der Waals surface area (Å²) < 4.78 is 5.12. The van der Waals surface area contributed by atoms with Gasteiger partial charge in [0, 0.05) is 52.1 Å². The third-order valence-electron chi connectivity index (χ3n) is 4.91. The van der Waals surface area contributed by atoms with Crippen LogP contribution < -0.4 is 10.2 Å². The Morgan fingerprint density at radius 1 is 1.17 bits per heavy atom. The summed E-state index contributed by atoms with van der Waals surface area (Å²) in [4.78, 5) is 20.5. The van der Waals surface area contributed by atoms with Crippen LogP contribution in [0.5, 0.6) is 0 Å². The Kier molecular flexibility index (Phi) is 7.93. The average molecular weight is 431 g/mol. The number of methoxy groups -OCH3 is 1. The summed E-state index contributed by atoms with van der Waals surface area (Å²) in [5, 5.41) is 13.3. The van der Waals surface area contributed by atoms with Crippen molar-refractivity contribution in [1.29, 1.82) is 0 Å². The first-order valence-electron chi connectivity index (χ1n) is 9.96. The Labute approximate surface area is 181 Å². The second-order valence-corrected chi connectivity index (χ2v) is 7.40. The first-order valence-corrected chi connectivity index (χ1v) is 10.3. The lowest BCUT2D eigenvalue weighted by Crippen LogP contribution is -2.50. The second kappa shape index (κ2) is 10.8. The molecule has 2 aromatic rings. The molecule has 2 aromatic carbocycles. The van der Waals surface area contributed by atoms with Crippen molar-refractivity contribution in [2.24, 2.45) is 4.99 Å². The number of hydrogen-bond donors (Lipinski definition) is 2. The third kappa shape index (κ3) is 5.87. The zero-order valence-electron chi connectivity index (χ0n) is 17.1. The predicted molar refractivity (Wildman–Crippen MR) is 121 cm³/mol. The Bertz CT molecular complexity index is 882. The fourth-order valence-electron chi connectivity index (χ4n) is 3.34. The van der Waals surface area contributed by atoms with E-state index in [-0.39, 0.29) is 5.56 Å². The van der Waals surface area contributed by atoms with Crippen LogP contribution >= 0.6 is 11.6 Å². The molecule has 0 aliphatic carbocycles. The molecule has 0 saturated carbocycles. The molecule has 8 heteroatoms. The van der Waals surface area contributed by atoms with Gasteiger partial charge in [-0.05, 0) is 36.8 Å². The molecule has 2 N–H and O–H groups in total. The van der Waals surface area contributed by atoms with Gasteiger partial charge >= 0.3 is 5.97 Å². The third-order valence-corrected chi connectivity index (χ3v) is 5.23. The summed E-state index contributed by atoms with van der Waals surface area (Å²) in [5.74, 6) is -0.210. The summed E-state index contributed by atoms with van der Waals surface area (Å²) in [6.45, 7) is 4.46. The van der Waals surface area contributed by atoms with Gasteiger partial charge in [-0.3, -0.25) is 4.99 Å². The van der Waals surface area contributed by atoms with Crippen LogP contribution in [0.2, 0.25) is 5.02 Å². The van der Waals surface area contributed by atoms with Crippen LogP contribution in [0, 0.1) is 0 Å². The topological polar surface area (TPSA) is 77.4 Å². The molecule has 1 saturated heterocycles. The van der Waals surface area contributed by atoms with Crippen LogP contribution in [0.25, 0.3) is 0 Å². The van der Waals surface area contributed by atoms with E-state index in [1.165, 1.54) is 0 Å². The number of halogens is 1. The van der Waals surface area contributed by atoms with Crippen LogP contribution in [0.1, 0.15) is 16.8 Å². The highest BCUT2D eigenvalue weighted by Crippen LogP contribution is 2.26. The van der Waals surface area contributed by atoms with Gasteiger partial charge in [0.05, 0.1) is 16.3 Å². The number of aliphatic imine (C=N–C) groups is 1. The minimum Gasteiger partial charge on any atom is -0.478 e. The number of piperazine rings is 1. The number of guanidine groups is 1. The predicted octanol–water partition coefficient (Wildman–Crippen LogP) is 3.66. The van der Waals surface area contributed by atoms with Gasteiger partial charge in [-0.25, -0.2) is 4.79 Å². The molecule has 0 spiro atoms.